The van der Waals surface area contributed by atoms with Crippen LogP contribution in [-0.2, 0) is 28.6 Å². The maximum atomic E-state index is 12.6. The number of ether oxygens (including phenoxy) is 3. The highest BCUT2D eigenvalue weighted by Gasteiger charge is 2.46. The van der Waals surface area contributed by atoms with Crippen molar-refractivity contribution in [3.8, 4) is 0 Å². The molecule has 1 saturated carbocycles. The van der Waals surface area contributed by atoms with Crippen LogP contribution in [0.1, 0.15) is 71.6 Å². The zero-order chi connectivity index (χ0) is 19.8. The van der Waals surface area contributed by atoms with Crippen molar-refractivity contribution in [2.24, 2.45) is 11.8 Å². The molecule has 0 spiro atoms. The van der Waals surface area contributed by atoms with E-state index < -0.39 is 11.9 Å². The number of carboxylic acid groups (broad SMARTS) is 1. The van der Waals surface area contributed by atoms with Crippen molar-refractivity contribution in [1.29, 1.82) is 0 Å². The summed E-state index contributed by atoms with van der Waals surface area (Å²) >= 11 is 0. The smallest absolute Gasteiger partial charge is 0.309 e. The van der Waals surface area contributed by atoms with Gasteiger partial charge in [-0.2, -0.15) is 0 Å². The van der Waals surface area contributed by atoms with Gasteiger partial charge in [0.05, 0.1) is 24.7 Å². The van der Waals surface area contributed by atoms with Crippen molar-refractivity contribution in [3.63, 3.8) is 0 Å². The van der Waals surface area contributed by atoms with Gasteiger partial charge >= 0.3 is 17.9 Å². The lowest BCUT2D eigenvalue weighted by molar-refractivity contribution is -0.161. The average molecular weight is 384 g/mol. The van der Waals surface area contributed by atoms with E-state index in [4.69, 9.17) is 19.3 Å². The minimum atomic E-state index is -0.921. The first-order chi connectivity index (χ1) is 12.9. The molecule has 0 aromatic rings. The summed E-state index contributed by atoms with van der Waals surface area (Å²) in [5.41, 5.74) is 0. The Balaban J connectivity index is 1.79. The third-order valence-electron chi connectivity index (χ3n) is 5.46. The molecule has 2 fully saturated rings. The number of hydrogen-bond donors (Lipinski definition) is 1. The van der Waals surface area contributed by atoms with Gasteiger partial charge in [-0.3, -0.25) is 14.4 Å². The van der Waals surface area contributed by atoms with Gasteiger partial charge in [0, 0.05) is 18.8 Å². The molecule has 27 heavy (non-hydrogen) atoms. The molecule has 1 heterocycles. The molecule has 0 amide bonds. The number of hydrogen-bond acceptors (Lipinski definition) is 6. The standard InChI is InChI=1S/C20H32O7/c1-3-6-15(27-20(24)14-9-10-16-17(11-14)26-16)13(4-2)12-25-19(23)8-5-7-18(21)22/h13-17H,3-12H2,1-2H3,(H,21,22). The summed E-state index contributed by atoms with van der Waals surface area (Å²) in [5.74, 6) is -1.63. The van der Waals surface area contributed by atoms with Gasteiger partial charge in [-0.1, -0.05) is 20.3 Å². The molecule has 1 saturated heterocycles. The second-order valence-electron chi connectivity index (χ2n) is 7.59. The number of rotatable bonds is 12. The average Bonchev–Trinajstić information content (AvgIpc) is 3.40. The first-order valence-corrected chi connectivity index (χ1v) is 10.2. The van der Waals surface area contributed by atoms with Crippen molar-refractivity contribution >= 4 is 17.9 Å². The third-order valence-corrected chi connectivity index (χ3v) is 5.46. The van der Waals surface area contributed by atoms with Crippen molar-refractivity contribution in [2.75, 3.05) is 6.61 Å². The molecule has 1 aliphatic carbocycles. The van der Waals surface area contributed by atoms with Gasteiger partial charge in [-0.25, -0.2) is 0 Å². The van der Waals surface area contributed by atoms with Gasteiger partial charge in [0.25, 0.3) is 0 Å². The van der Waals surface area contributed by atoms with E-state index in [1.54, 1.807) is 0 Å². The zero-order valence-corrected chi connectivity index (χ0v) is 16.4. The molecule has 7 nitrogen and oxygen atoms in total. The minimum Gasteiger partial charge on any atom is -0.481 e. The topological polar surface area (TPSA) is 102 Å². The lowest BCUT2D eigenvalue weighted by Crippen LogP contribution is -2.34. The van der Waals surface area contributed by atoms with Crippen LogP contribution < -0.4 is 0 Å². The molecule has 0 bridgehead atoms. The predicted molar refractivity (Wildman–Crippen MR) is 97.0 cm³/mol. The third kappa shape index (κ3) is 7.13. The van der Waals surface area contributed by atoms with Crippen molar-refractivity contribution in [3.05, 3.63) is 0 Å². The molecule has 2 rings (SSSR count). The quantitative estimate of drug-likeness (QED) is 0.407. The lowest BCUT2D eigenvalue weighted by Gasteiger charge is -2.28. The van der Waals surface area contributed by atoms with Crippen LogP contribution in [0, 0.1) is 11.8 Å². The summed E-state index contributed by atoms with van der Waals surface area (Å²) in [5, 5.41) is 8.62. The fourth-order valence-electron chi connectivity index (χ4n) is 3.68. The highest BCUT2D eigenvalue weighted by Crippen LogP contribution is 2.40. The number of carboxylic acids is 1. The Kier molecular flexibility index (Phi) is 8.54. The number of carbonyl (C=O) groups is 3. The predicted octanol–water partition coefficient (Wildman–Crippen LogP) is 3.09. The van der Waals surface area contributed by atoms with E-state index >= 15 is 0 Å². The number of aliphatic carboxylic acids is 1. The largest absolute Gasteiger partial charge is 0.481 e. The van der Waals surface area contributed by atoms with Gasteiger partial charge in [0.2, 0.25) is 0 Å². The van der Waals surface area contributed by atoms with Crippen LogP contribution in [0.4, 0.5) is 0 Å². The molecule has 0 aromatic heterocycles. The molecule has 0 radical (unpaired) electrons. The molecule has 1 N–H and O–H groups in total. The Morgan fingerprint density at radius 1 is 1.15 bits per heavy atom. The molecular weight excluding hydrogens is 352 g/mol. The fourth-order valence-corrected chi connectivity index (χ4v) is 3.68. The van der Waals surface area contributed by atoms with Gasteiger partial charge in [0.1, 0.15) is 6.10 Å². The van der Waals surface area contributed by atoms with Crippen LogP contribution in [0.2, 0.25) is 0 Å². The summed E-state index contributed by atoms with van der Waals surface area (Å²) in [4.78, 5) is 34.9. The highest BCUT2D eigenvalue weighted by atomic mass is 16.6. The van der Waals surface area contributed by atoms with E-state index in [-0.39, 0.29) is 55.9 Å². The Morgan fingerprint density at radius 3 is 2.56 bits per heavy atom. The van der Waals surface area contributed by atoms with E-state index in [2.05, 4.69) is 0 Å². The summed E-state index contributed by atoms with van der Waals surface area (Å²) in [6.45, 7) is 4.22. The molecule has 2 aliphatic rings. The van der Waals surface area contributed by atoms with Crippen LogP contribution in [-0.4, -0.2) is 47.9 Å². The highest BCUT2D eigenvalue weighted by molar-refractivity contribution is 5.73. The Bertz CT molecular complexity index is 518. The van der Waals surface area contributed by atoms with E-state index in [9.17, 15) is 14.4 Å². The second kappa shape index (κ2) is 10.6. The summed E-state index contributed by atoms with van der Waals surface area (Å²) < 4.78 is 16.6. The SMILES string of the molecule is CCCC(OC(=O)C1CCC2OC2C1)C(CC)COC(=O)CCCC(=O)O. The van der Waals surface area contributed by atoms with Crippen LogP contribution in [0.5, 0.6) is 0 Å². The molecule has 1 aliphatic heterocycles. The van der Waals surface area contributed by atoms with E-state index in [0.717, 1.165) is 38.5 Å². The Hall–Kier alpha value is -1.63. The number of fused-ring (bicyclic) bond motifs is 1. The monoisotopic (exact) mass is 384 g/mol. The molecule has 5 atom stereocenters. The maximum Gasteiger partial charge on any atom is 0.309 e. The first kappa shape index (κ1) is 21.7. The first-order valence-electron chi connectivity index (χ1n) is 10.2. The van der Waals surface area contributed by atoms with Gasteiger partial charge < -0.3 is 19.3 Å². The normalized spacial score (nSPS) is 25.8. The zero-order valence-electron chi connectivity index (χ0n) is 16.4. The van der Waals surface area contributed by atoms with E-state index in [0.29, 0.717) is 6.10 Å². The van der Waals surface area contributed by atoms with Gasteiger partial charge in [0.15, 0.2) is 0 Å². The summed E-state index contributed by atoms with van der Waals surface area (Å²) in [7, 11) is 0. The van der Waals surface area contributed by atoms with Crippen molar-refractivity contribution in [1.82, 2.24) is 0 Å². The number of esters is 2. The van der Waals surface area contributed by atoms with Crippen LogP contribution in [0.15, 0.2) is 0 Å². The lowest BCUT2D eigenvalue weighted by atomic mass is 9.89. The minimum absolute atomic E-state index is 0.0463. The number of epoxide rings is 1. The van der Waals surface area contributed by atoms with Crippen LogP contribution in [0.25, 0.3) is 0 Å². The molecule has 5 unspecified atom stereocenters. The van der Waals surface area contributed by atoms with Crippen LogP contribution in [0.3, 0.4) is 0 Å². The molecule has 7 heteroatoms. The Morgan fingerprint density at radius 2 is 1.93 bits per heavy atom. The van der Waals surface area contributed by atoms with Gasteiger partial charge in [-0.15, -0.1) is 0 Å². The van der Waals surface area contributed by atoms with Crippen LogP contribution >= 0.6 is 0 Å². The maximum absolute atomic E-state index is 12.6. The van der Waals surface area contributed by atoms with Gasteiger partial charge in [-0.05, 0) is 38.5 Å². The van der Waals surface area contributed by atoms with E-state index in [1.807, 2.05) is 13.8 Å². The second-order valence-corrected chi connectivity index (χ2v) is 7.59. The number of carbonyl (C=O) groups excluding carboxylic acids is 2. The molecular formula is C20H32O7. The van der Waals surface area contributed by atoms with Crippen molar-refractivity contribution < 1.29 is 33.7 Å². The Labute approximate surface area is 160 Å². The molecule has 0 aromatic carbocycles. The van der Waals surface area contributed by atoms with Crippen molar-refractivity contribution in [2.45, 2.75) is 89.9 Å². The fraction of sp³-hybridized carbons (Fsp3) is 0.850. The van der Waals surface area contributed by atoms with E-state index in [1.165, 1.54) is 0 Å². The molecule has 154 valence electrons. The summed E-state index contributed by atoms with van der Waals surface area (Å²) in [6, 6.07) is 0. The summed E-state index contributed by atoms with van der Waals surface area (Å²) in [6.07, 6.45) is 5.45.